The number of aromatic nitrogens is 1. The Balaban J connectivity index is 1.31. The highest BCUT2D eigenvalue weighted by Gasteiger charge is 2.22. The summed E-state index contributed by atoms with van der Waals surface area (Å²) in [6, 6.07) is 12.1. The molecule has 6 heteroatoms. The van der Waals surface area contributed by atoms with Crippen molar-refractivity contribution in [2.24, 2.45) is 0 Å². The Labute approximate surface area is 166 Å². The first-order chi connectivity index (χ1) is 13.6. The second kappa shape index (κ2) is 9.88. The van der Waals surface area contributed by atoms with Gasteiger partial charge in [0, 0.05) is 30.8 Å². The first kappa shape index (κ1) is 19.9. The normalized spacial score (nSPS) is 13.0. The third-order valence-electron chi connectivity index (χ3n) is 4.65. The lowest BCUT2D eigenvalue weighted by Crippen LogP contribution is -2.15. The number of carbonyl (C=O) groups is 2. The molecule has 148 valence electrons. The Morgan fingerprint density at radius 3 is 2.32 bits per heavy atom. The summed E-state index contributed by atoms with van der Waals surface area (Å²) in [5.41, 5.74) is 2.87. The van der Waals surface area contributed by atoms with Gasteiger partial charge < -0.3 is 16.0 Å². The van der Waals surface area contributed by atoms with E-state index in [0.717, 1.165) is 36.2 Å². The van der Waals surface area contributed by atoms with Crippen molar-refractivity contribution in [2.75, 3.05) is 16.0 Å². The highest BCUT2D eigenvalue weighted by Crippen LogP contribution is 2.28. The summed E-state index contributed by atoms with van der Waals surface area (Å²) in [6.45, 7) is 2.01. The molecular formula is C22H28N4O2. The molecule has 1 aliphatic rings. The molecule has 6 nitrogen and oxygen atoms in total. The maximum atomic E-state index is 12.2. The van der Waals surface area contributed by atoms with E-state index in [-0.39, 0.29) is 11.8 Å². The van der Waals surface area contributed by atoms with Crippen molar-refractivity contribution >= 4 is 29.0 Å². The minimum absolute atomic E-state index is 0.0117. The minimum atomic E-state index is -0.0401. The highest BCUT2D eigenvalue weighted by molar-refractivity contribution is 5.93. The molecule has 28 heavy (non-hydrogen) atoms. The molecular weight excluding hydrogens is 352 g/mol. The highest BCUT2D eigenvalue weighted by atomic mass is 16.2. The van der Waals surface area contributed by atoms with Crippen LogP contribution in [0.4, 0.5) is 17.2 Å². The Bertz CT molecular complexity index is 800. The first-order valence-corrected chi connectivity index (χ1v) is 9.98. The maximum absolute atomic E-state index is 12.2. The smallest absolute Gasteiger partial charge is 0.225 e. The van der Waals surface area contributed by atoms with Gasteiger partial charge in [-0.15, -0.1) is 0 Å². The van der Waals surface area contributed by atoms with Crippen LogP contribution in [-0.2, 0) is 9.59 Å². The number of benzene rings is 1. The predicted molar refractivity (Wildman–Crippen MR) is 112 cm³/mol. The maximum Gasteiger partial charge on any atom is 0.225 e. The molecule has 0 atom stereocenters. The van der Waals surface area contributed by atoms with Gasteiger partial charge in [-0.1, -0.05) is 24.1 Å². The summed E-state index contributed by atoms with van der Waals surface area (Å²) in [7, 11) is 0. The fraction of sp³-hybridized carbons (Fsp3) is 0.409. The molecule has 0 unspecified atom stereocenters. The monoisotopic (exact) mass is 380 g/mol. The largest absolute Gasteiger partial charge is 0.379 e. The Morgan fingerprint density at radius 2 is 1.64 bits per heavy atom. The third kappa shape index (κ3) is 6.68. The lowest BCUT2D eigenvalue weighted by Gasteiger charge is -2.11. The zero-order valence-electron chi connectivity index (χ0n) is 16.3. The molecule has 0 spiro atoms. The summed E-state index contributed by atoms with van der Waals surface area (Å²) in [5.74, 6) is 0.566. The SMILES string of the molecule is Cc1ccc(NC(=O)CCCCCC(=O)Nc2ncccc2NC2CC2)cc1. The Morgan fingerprint density at radius 1 is 0.964 bits per heavy atom. The Hall–Kier alpha value is -2.89. The lowest BCUT2D eigenvalue weighted by atomic mass is 10.1. The average Bonchev–Trinajstić information content (AvgIpc) is 3.49. The standard InChI is InChI=1S/C22H28N4O2/c1-16-9-11-18(12-10-16)25-20(27)7-3-2-4-8-21(28)26-22-19(6-5-15-23-22)24-17-13-14-17/h5-6,9-12,15,17,24H,2-4,7-8,13-14H2,1H3,(H,25,27)(H,23,26,28). The number of hydrogen-bond acceptors (Lipinski definition) is 4. The fourth-order valence-corrected chi connectivity index (χ4v) is 2.87. The zero-order chi connectivity index (χ0) is 19.8. The number of rotatable bonds is 10. The average molecular weight is 380 g/mol. The van der Waals surface area contributed by atoms with Gasteiger partial charge in [-0.2, -0.15) is 0 Å². The van der Waals surface area contributed by atoms with Crippen LogP contribution < -0.4 is 16.0 Å². The number of carbonyl (C=O) groups excluding carboxylic acids is 2. The number of unbranched alkanes of at least 4 members (excludes halogenated alkanes) is 2. The van der Waals surface area contributed by atoms with Crippen molar-refractivity contribution in [3.8, 4) is 0 Å². The second-order valence-corrected chi connectivity index (χ2v) is 7.34. The number of pyridine rings is 1. The number of aryl methyl sites for hydroxylation is 1. The van der Waals surface area contributed by atoms with Crippen LogP contribution in [0, 0.1) is 6.92 Å². The van der Waals surface area contributed by atoms with Crippen molar-refractivity contribution < 1.29 is 9.59 Å². The van der Waals surface area contributed by atoms with E-state index in [4.69, 9.17) is 0 Å². The molecule has 3 rings (SSSR count). The van der Waals surface area contributed by atoms with Gasteiger partial charge in [0.1, 0.15) is 0 Å². The van der Waals surface area contributed by atoms with Crippen LogP contribution in [0.3, 0.4) is 0 Å². The van der Waals surface area contributed by atoms with E-state index in [0.29, 0.717) is 24.7 Å². The summed E-state index contributed by atoms with van der Waals surface area (Å²) in [5, 5.41) is 9.16. The number of nitrogens with zero attached hydrogens (tertiary/aromatic N) is 1. The van der Waals surface area contributed by atoms with Crippen LogP contribution in [-0.4, -0.2) is 22.8 Å². The summed E-state index contributed by atoms with van der Waals surface area (Å²) >= 11 is 0. The van der Waals surface area contributed by atoms with Crippen molar-refractivity contribution in [3.05, 3.63) is 48.2 Å². The fourth-order valence-electron chi connectivity index (χ4n) is 2.87. The molecule has 1 fully saturated rings. The third-order valence-corrected chi connectivity index (χ3v) is 4.65. The molecule has 1 heterocycles. The summed E-state index contributed by atoms with van der Waals surface area (Å²) < 4.78 is 0. The molecule has 1 aromatic heterocycles. The van der Waals surface area contributed by atoms with Gasteiger partial charge in [0.05, 0.1) is 5.69 Å². The van der Waals surface area contributed by atoms with Crippen molar-refractivity contribution in [1.82, 2.24) is 4.98 Å². The van der Waals surface area contributed by atoms with E-state index in [9.17, 15) is 9.59 Å². The Kier molecular flexibility index (Phi) is 7.00. The van der Waals surface area contributed by atoms with Crippen LogP contribution in [0.5, 0.6) is 0 Å². The quantitative estimate of drug-likeness (QED) is 0.530. The molecule has 1 saturated carbocycles. The first-order valence-electron chi connectivity index (χ1n) is 9.98. The topological polar surface area (TPSA) is 83.1 Å². The van der Waals surface area contributed by atoms with Gasteiger partial charge in [0.2, 0.25) is 11.8 Å². The van der Waals surface area contributed by atoms with E-state index in [2.05, 4.69) is 20.9 Å². The van der Waals surface area contributed by atoms with E-state index in [1.165, 1.54) is 12.8 Å². The van der Waals surface area contributed by atoms with Crippen LogP contribution in [0.1, 0.15) is 50.5 Å². The molecule has 1 aliphatic carbocycles. The van der Waals surface area contributed by atoms with Crippen molar-refractivity contribution in [1.29, 1.82) is 0 Å². The number of hydrogen-bond donors (Lipinski definition) is 3. The lowest BCUT2D eigenvalue weighted by molar-refractivity contribution is -0.116. The van der Waals surface area contributed by atoms with Gasteiger partial charge in [-0.25, -0.2) is 4.98 Å². The van der Waals surface area contributed by atoms with Crippen LogP contribution in [0.15, 0.2) is 42.6 Å². The van der Waals surface area contributed by atoms with Gasteiger partial charge in [0.25, 0.3) is 0 Å². The molecule has 0 saturated heterocycles. The molecule has 2 amide bonds. The zero-order valence-corrected chi connectivity index (χ0v) is 16.3. The number of anilines is 3. The van der Waals surface area contributed by atoms with Gasteiger partial charge in [-0.05, 0) is 56.9 Å². The summed E-state index contributed by atoms with van der Waals surface area (Å²) in [4.78, 5) is 28.4. The number of nitrogens with one attached hydrogen (secondary N) is 3. The molecule has 2 aromatic rings. The van der Waals surface area contributed by atoms with Gasteiger partial charge >= 0.3 is 0 Å². The molecule has 3 N–H and O–H groups in total. The van der Waals surface area contributed by atoms with Gasteiger partial charge in [0.15, 0.2) is 5.82 Å². The van der Waals surface area contributed by atoms with Crippen molar-refractivity contribution in [2.45, 2.75) is 57.9 Å². The summed E-state index contributed by atoms with van der Waals surface area (Å²) in [6.07, 6.45) is 7.26. The van der Waals surface area contributed by atoms with E-state index in [1.807, 2.05) is 43.3 Å². The van der Waals surface area contributed by atoms with Gasteiger partial charge in [-0.3, -0.25) is 9.59 Å². The van der Waals surface area contributed by atoms with Crippen LogP contribution in [0.2, 0.25) is 0 Å². The van der Waals surface area contributed by atoms with E-state index >= 15 is 0 Å². The molecule has 1 aromatic carbocycles. The molecule has 0 aliphatic heterocycles. The minimum Gasteiger partial charge on any atom is -0.379 e. The number of amides is 2. The second-order valence-electron chi connectivity index (χ2n) is 7.34. The van der Waals surface area contributed by atoms with E-state index in [1.54, 1.807) is 6.20 Å². The molecule has 0 bridgehead atoms. The van der Waals surface area contributed by atoms with Crippen molar-refractivity contribution in [3.63, 3.8) is 0 Å². The predicted octanol–water partition coefficient (Wildman–Crippen LogP) is 4.49. The van der Waals surface area contributed by atoms with E-state index < -0.39 is 0 Å². The van der Waals surface area contributed by atoms with Crippen LogP contribution >= 0.6 is 0 Å². The van der Waals surface area contributed by atoms with Crippen LogP contribution in [0.25, 0.3) is 0 Å². The molecule has 0 radical (unpaired) electrons.